The fourth-order valence-electron chi connectivity index (χ4n) is 3.05. The first-order valence-corrected chi connectivity index (χ1v) is 9.90. The molecule has 0 bridgehead atoms. The number of rotatable bonds is 6. The lowest BCUT2D eigenvalue weighted by Crippen LogP contribution is -2.22. The van der Waals surface area contributed by atoms with E-state index in [0.717, 1.165) is 27.2 Å². The van der Waals surface area contributed by atoms with Gasteiger partial charge < -0.3 is 5.32 Å². The summed E-state index contributed by atoms with van der Waals surface area (Å²) in [5.74, 6) is -1.25. The highest BCUT2D eigenvalue weighted by Crippen LogP contribution is 2.32. The monoisotopic (exact) mass is 424 g/mol. The van der Waals surface area contributed by atoms with E-state index in [9.17, 15) is 22.4 Å². The average Bonchev–Trinajstić information content (AvgIpc) is 3.11. The molecular weight excluding hydrogens is 404 g/mol. The number of pyridine rings is 1. The second-order valence-electron chi connectivity index (χ2n) is 6.61. The number of alkyl halides is 3. The Morgan fingerprint density at radius 3 is 2.48 bits per heavy atom. The van der Waals surface area contributed by atoms with E-state index in [1.165, 1.54) is 23.5 Å². The van der Waals surface area contributed by atoms with Gasteiger partial charge in [-0.15, -0.1) is 11.3 Å². The maximum absolute atomic E-state index is 14.1. The van der Waals surface area contributed by atoms with Crippen LogP contribution in [-0.2, 0) is 25.7 Å². The molecule has 8 heteroatoms. The van der Waals surface area contributed by atoms with Gasteiger partial charge in [-0.2, -0.15) is 13.2 Å². The Balaban J connectivity index is 1.73. The zero-order valence-corrected chi connectivity index (χ0v) is 16.8. The van der Waals surface area contributed by atoms with E-state index in [2.05, 4.69) is 5.32 Å². The summed E-state index contributed by atoms with van der Waals surface area (Å²) in [5, 5.41) is 3.74. The lowest BCUT2D eigenvalue weighted by Gasteiger charge is -2.11. The first kappa shape index (κ1) is 21.3. The van der Waals surface area contributed by atoms with Crippen molar-refractivity contribution < 1.29 is 17.6 Å². The van der Waals surface area contributed by atoms with Gasteiger partial charge >= 0.3 is 6.18 Å². The van der Waals surface area contributed by atoms with Gasteiger partial charge in [-0.25, -0.2) is 4.39 Å². The van der Waals surface area contributed by atoms with Gasteiger partial charge in [-0.3, -0.25) is 9.36 Å². The van der Waals surface area contributed by atoms with Gasteiger partial charge in [0.15, 0.2) is 0 Å². The van der Waals surface area contributed by atoms with E-state index in [0.29, 0.717) is 13.0 Å². The Morgan fingerprint density at radius 1 is 1.03 bits per heavy atom. The van der Waals surface area contributed by atoms with Crippen molar-refractivity contribution in [3.63, 3.8) is 0 Å². The van der Waals surface area contributed by atoms with Crippen molar-refractivity contribution in [2.24, 2.45) is 0 Å². The van der Waals surface area contributed by atoms with Crippen molar-refractivity contribution >= 4 is 11.3 Å². The summed E-state index contributed by atoms with van der Waals surface area (Å²) in [6.45, 7) is 4.09. The molecular formula is C21H20F4N2OS. The number of hydrogen-bond donors (Lipinski definition) is 1. The molecule has 1 N–H and O–H groups in total. The number of aryl methyl sites for hydroxylation is 2. The van der Waals surface area contributed by atoms with Gasteiger partial charge in [0.1, 0.15) is 10.8 Å². The molecule has 2 aromatic heterocycles. The number of thiophene rings is 1. The van der Waals surface area contributed by atoms with Crippen LogP contribution in [0, 0.1) is 12.7 Å². The molecule has 1 aromatic carbocycles. The summed E-state index contributed by atoms with van der Waals surface area (Å²) in [6.07, 6.45) is -4.08. The molecule has 0 spiro atoms. The quantitative estimate of drug-likeness (QED) is 0.551. The lowest BCUT2D eigenvalue weighted by atomic mass is 10.1. The van der Waals surface area contributed by atoms with Crippen molar-refractivity contribution in [2.45, 2.75) is 39.5 Å². The zero-order chi connectivity index (χ0) is 21.2. The summed E-state index contributed by atoms with van der Waals surface area (Å²) < 4.78 is 54.2. The summed E-state index contributed by atoms with van der Waals surface area (Å²) in [5.41, 5.74) is 0.184. The summed E-state index contributed by atoms with van der Waals surface area (Å²) in [7, 11) is 0. The van der Waals surface area contributed by atoms with E-state index >= 15 is 0 Å². The molecule has 0 amide bonds. The molecule has 0 aliphatic heterocycles. The third kappa shape index (κ3) is 4.59. The highest BCUT2D eigenvalue weighted by molar-refractivity contribution is 7.14. The molecule has 2 heterocycles. The molecule has 3 aromatic rings. The van der Waals surface area contributed by atoms with Gasteiger partial charge in [0.05, 0.1) is 5.56 Å². The SMILES string of the molecule is CCc1ccc(C)n(-c2ccc(CNCc3cccc(C(F)(F)F)c3F)s2)c1=O. The minimum absolute atomic E-state index is 0.0344. The summed E-state index contributed by atoms with van der Waals surface area (Å²) in [4.78, 5) is 13.5. The van der Waals surface area contributed by atoms with Crippen LogP contribution >= 0.6 is 11.3 Å². The molecule has 3 nitrogen and oxygen atoms in total. The standard InChI is InChI=1S/C21H20F4N2OS/c1-3-14-8-7-13(2)27(20(14)28)18-10-9-16(29-18)12-26-11-15-5-4-6-17(19(15)22)21(23,24)25/h4-10,26H,3,11-12H2,1-2H3. The third-order valence-corrected chi connectivity index (χ3v) is 5.67. The van der Waals surface area contributed by atoms with E-state index < -0.39 is 17.6 Å². The van der Waals surface area contributed by atoms with Crippen molar-refractivity contribution in [2.75, 3.05) is 0 Å². The molecule has 0 saturated heterocycles. The van der Waals surface area contributed by atoms with Crippen molar-refractivity contribution in [3.05, 3.63) is 85.9 Å². The maximum atomic E-state index is 14.1. The number of halogens is 4. The largest absolute Gasteiger partial charge is 0.419 e. The van der Waals surface area contributed by atoms with Crippen LogP contribution in [0.5, 0.6) is 0 Å². The van der Waals surface area contributed by atoms with Gasteiger partial charge in [-0.1, -0.05) is 25.1 Å². The average molecular weight is 424 g/mol. The smallest absolute Gasteiger partial charge is 0.308 e. The number of aromatic nitrogens is 1. The molecule has 0 saturated carbocycles. The second kappa shape index (κ2) is 8.51. The lowest BCUT2D eigenvalue weighted by molar-refractivity contribution is -0.140. The Morgan fingerprint density at radius 2 is 1.79 bits per heavy atom. The van der Waals surface area contributed by atoms with Crippen LogP contribution in [0.2, 0.25) is 0 Å². The second-order valence-corrected chi connectivity index (χ2v) is 7.76. The fourth-order valence-corrected chi connectivity index (χ4v) is 4.08. The Labute approximate surface area is 169 Å². The van der Waals surface area contributed by atoms with E-state index in [1.54, 1.807) is 4.57 Å². The van der Waals surface area contributed by atoms with Crippen LogP contribution in [0.25, 0.3) is 5.00 Å². The minimum Gasteiger partial charge on any atom is -0.308 e. The third-order valence-electron chi connectivity index (χ3n) is 4.60. The first-order chi connectivity index (χ1) is 13.7. The molecule has 0 aliphatic rings. The molecule has 0 fully saturated rings. The molecule has 3 rings (SSSR count). The van der Waals surface area contributed by atoms with Gasteiger partial charge in [0.25, 0.3) is 5.56 Å². The molecule has 154 valence electrons. The Kier molecular flexibility index (Phi) is 6.24. The highest BCUT2D eigenvalue weighted by atomic mass is 32.1. The highest BCUT2D eigenvalue weighted by Gasteiger charge is 2.34. The van der Waals surface area contributed by atoms with Crippen LogP contribution in [0.3, 0.4) is 0 Å². The van der Waals surface area contributed by atoms with Gasteiger partial charge in [0.2, 0.25) is 0 Å². The molecule has 0 aliphatic carbocycles. The Hall–Kier alpha value is -2.45. The zero-order valence-electron chi connectivity index (χ0n) is 15.9. The van der Waals surface area contributed by atoms with Crippen molar-refractivity contribution in [1.29, 1.82) is 0 Å². The topological polar surface area (TPSA) is 34.0 Å². The van der Waals surface area contributed by atoms with Crippen molar-refractivity contribution in [1.82, 2.24) is 9.88 Å². The van der Waals surface area contributed by atoms with Crippen LogP contribution in [0.1, 0.15) is 34.2 Å². The van der Waals surface area contributed by atoms with E-state index in [1.807, 2.05) is 38.1 Å². The van der Waals surface area contributed by atoms with E-state index in [4.69, 9.17) is 0 Å². The minimum atomic E-state index is -4.72. The van der Waals surface area contributed by atoms with Crippen LogP contribution < -0.4 is 10.9 Å². The van der Waals surface area contributed by atoms with Crippen LogP contribution in [0.15, 0.2) is 47.3 Å². The number of nitrogens with one attached hydrogen (secondary N) is 1. The van der Waals surface area contributed by atoms with Gasteiger partial charge in [0, 0.05) is 34.8 Å². The molecule has 0 unspecified atom stereocenters. The predicted octanol–water partition coefficient (Wildman–Crippen LogP) is 5.22. The maximum Gasteiger partial charge on any atom is 0.419 e. The predicted molar refractivity (Wildman–Crippen MR) is 106 cm³/mol. The molecule has 0 atom stereocenters. The Bertz CT molecular complexity index is 1070. The summed E-state index contributed by atoms with van der Waals surface area (Å²) in [6, 6.07) is 10.7. The normalized spacial score (nSPS) is 11.8. The van der Waals surface area contributed by atoms with Gasteiger partial charge in [-0.05, 0) is 37.6 Å². The van der Waals surface area contributed by atoms with E-state index in [-0.39, 0.29) is 17.7 Å². The van der Waals surface area contributed by atoms with Crippen LogP contribution in [0.4, 0.5) is 17.6 Å². The molecule has 29 heavy (non-hydrogen) atoms. The fraction of sp³-hybridized carbons (Fsp3) is 0.286. The number of hydrogen-bond acceptors (Lipinski definition) is 3. The number of nitrogens with zero attached hydrogens (tertiary/aromatic N) is 1. The number of benzene rings is 1. The van der Waals surface area contributed by atoms with Crippen LogP contribution in [-0.4, -0.2) is 4.57 Å². The molecule has 0 radical (unpaired) electrons. The van der Waals surface area contributed by atoms with Crippen molar-refractivity contribution in [3.8, 4) is 5.00 Å². The summed E-state index contributed by atoms with van der Waals surface area (Å²) >= 11 is 1.41. The first-order valence-electron chi connectivity index (χ1n) is 9.08.